The molecule has 0 saturated carbocycles. The molecule has 1 fully saturated rings. The van der Waals surface area contributed by atoms with Crippen LogP contribution in [0.2, 0.25) is 0 Å². The lowest BCUT2D eigenvalue weighted by Gasteiger charge is -2.37. The van der Waals surface area contributed by atoms with Gasteiger partial charge < -0.3 is 15.7 Å². The van der Waals surface area contributed by atoms with Gasteiger partial charge in [-0.05, 0) is 12.8 Å². The van der Waals surface area contributed by atoms with Crippen LogP contribution in [0.15, 0.2) is 5.16 Å². The van der Waals surface area contributed by atoms with Gasteiger partial charge in [0.05, 0.1) is 11.8 Å². The number of hydrogen-bond donors (Lipinski definition) is 2. The zero-order chi connectivity index (χ0) is 15.9. The predicted molar refractivity (Wildman–Crippen MR) is 80.9 cm³/mol. The number of nitrogens with zero attached hydrogens (tertiary/aromatic N) is 3. The van der Waals surface area contributed by atoms with E-state index in [4.69, 9.17) is 15.7 Å². The molecule has 1 unspecified atom stereocenters. The van der Waals surface area contributed by atoms with E-state index in [1.165, 1.54) is 4.31 Å². The van der Waals surface area contributed by atoms with Crippen LogP contribution in [-0.4, -0.2) is 80.4 Å². The number of piperazine rings is 1. The number of sulfonamides is 1. The van der Waals surface area contributed by atoms with Crippen LogP contribution in [0.25, 0.3) is 0 Å². The number of rotatable bonds is 8. The molecule has 1 atom stereocenters. The van der Waals surface area contributed by atoms with Gasteiger partial charge in [-0.3, -0.25) is 4.90 Å². The first-order chi connectivity index (χ1) is 9.96. The summed E-state index contributed by atoms with van der Waals surface area (Å²) in [6.07, 6.45) is 1.22. The van der Waals surface area contributed by atoms with Gasteiger partial charge in [-0.1, -0.05) is 12.1 Å². The van der Waals surface area contributed by atoms with Crippen LogP contribution in [0.3, 0.4) is 0 Å². The molecular weight excluding hydrogens is 296 g/mol. The Morgan fingerprint density at radius 1 is 1.38 bits per heavy atom. The van der Waals surface area contributed by atoms with Crippen molar-refractivity contribution in [2.45, 2.75) is 25.8 Å². The van der Waals surface area contributed by atoms with Crippen molar-refractivity contribution >= 4 is 15.9 Å². The van der Waals surface area contributed by atoms with Crippen LogP contribution in [0.1, 0.15) is 19.8 Å². The quantitative estimate of drug-likeness (QED) is 0.205. The topological polar surface area (TPSA) is 108 Å². The molecule has 0 radical (unpaired) electrons. The van der Waals surface area contributed by atoms with E-state index in [0.29, 0.717) is 39.2 Å². The maximum absolute atomic E-state index is 12.2. The molecule has 1 heterocycles. The van der Waals surface area contributed by atoms with Gasteiger partial charge >= 0.3 is 0 Å². The molecule has 1 aliphatic rings. The molecule has 0 aromatic carbocycles. The van der Waals surface area contributed by atoms with Crippen LogP contribution in [-0.2, 0) is 14.8 Å². The van der Waals surface area contributed by atoms with E-state index in [1.807, 2.05) is 6.92 Å². The van der Waals surface area contributed by atoms with Crippen LogP contribution in [0, 0.1) is 0 Å². The summed E-state index contributed by atoms with van der Waals surface area (Å²) in [6, 6.07) is -0.145. The molecule has 0 aliphatic carbocycles. The normalized spacial score (nSPS) is 20.6. The summed E-state index contributed by atoms with van der Waals surface area (Å²) >= 11 is 0. The predicted octanol–water partition coefficient (Wildman–Crippen LogP) is -0.505. The number of amidine groups is 1. The fourth-order valence-electron chi connectivity index (χ4n) is 2.53. The van der Waals surface area contributed by atoms with Gasteiger partial charge in [0.2, 0.25) is 10.0 Å². The minimum atomic E-state index is -3.22. The Hall–Kier alpha value is -0.900. The Bertz CT molecular complexity index is 433. The third-order valence-electron chi connectivity index (χ3n) is 3.70. The van der Waals surface area contributed by atoms with Gasteiger partial charge in [0, 0.05) is 39.9 Å². The Balaban J connectivity index is 2.55. The van der Waals surface area contributed by atoms with Crippen molar-refractivity contribution in [3.8, 4) is 0 Å². The second-order valence-electron chi connectivity index (χ2n) is 5.05. The lowest BCUT2D eigenvalue weighted by atomic mass is 10.1. The molecule has 0 amide bonds. The largest absolute Gasteiger partial charge is 0.409 e. The third-order valence-corrected chi connectivity index (χ3v) is 5.66. The highest BCUT2D eigenvalue weighted by Gasteiger charge is 2.30. The summed E-state index contributed by atoms with van der Waals surface area (Å²) < 4.78 is 30.7. The third kappa shape index (κ3) is 5.10. The zero-order valence-electron chi connectivity index (χ0n) is 12.7. The van der Waals surface area contributed by atoms with E-state index in [2.05, 4.69) is 10.1 Å². The monoisotopic (exact) mass is 322 g/mol. The molecular formula is C12H26N4O4S. The van der Waals surface area contributed by atoms with E-state index in [9.17, 15) is 8.42 Å². The molecule has 21 heavy (non-hydrogen) atoms. The van der Waals surface area contributed by atoms with Crippen molar-refractivity contribution in [2.75, 3.05) is 45.6 Å². The summed E-state index contributed by atoms with van der Waals surface area (Å²) in [5, 5.41) is 11.8. The highest BCUT2D eigenvalue weighted by atomic mass is 32.2. The molecule has 9 heteroatoms. The Morgan fingerprint density at radius 2 is 2.00 bits per heavy atom. The number of nitrogens with two attached hydrogens (primary N) is 1. The van der Waals surface area contributed by atoms with E-state index in [1.54, 1.807) is 7.11 Å². The summed E-state index contributed by atoms with van der Waals surface area (Å²) in [5.41, 5.74) is 5.67. The zero-order valence-corrected chi connectivity index (χ0v) is 13.5. The van der Waals surface area contributed by atoms with Crippen molar-refractivity contribution in [1.29, 1.82) is 0 Å². The van der Waals surface area contributed by atoms with E-state index < -0.39 is 10.0 Å². The van der Waals surface area contributed by atoms with E-state index in [0.717, 1.165) is 6.42 Å². The second kappa shape index (κ2) is 8.52. The standard InChI is InChI=1S/C12H26N4O4S/c1-3-11(12(13)14-17)15-5-7-16(8-6-15)21(18,19)10-4-9-20-2/h11,17H,3-10H2,1-2H3,(H2,13,14). The molecule has 1 aliphatic heterocycles. The fraction of sp³-hybridized carbons (Fsp3) is 0.917. The number of hydrogen-bond acceptors (Lipinski definition) is 6. The average Bonchev–Trinajstić information content (AvgIpc) is 2.48. The molecule has 0 bridgehead atoms. The van der Waals surface area contributed by atoms with Crippen molar-refractivity contribution in [3.05, 3.63) is 0 Å². The van der Waals surface area contributed by atoms with Gasteiger partial charge in [-0.15, -0.1) is 0 Å². The van der Waals surface area contributed by atoms with Crippen molar-refractivity contribution in [3.63, 3.8) is 0 Å². The van der Waals surface area contributed by atoms with Gasteiger partial charge in [-0.25, -0.2) is 8.42 Å². The molecule has 1 saturated heterocycles. The molecule has 0 aromatic rings. The SMILES string of the molecule is CCC(C(N)=NO)N1CCN(S(=O)(=O)CCCOC)CC1. The highest BCUT2D eigenvalue weighted by Crippen LogP contribution is 2.13. The lowest BCUT2D eigenvalue weighted by molar-refractivity contribution is 0.160. The van der Waals surface area contributed by atoms with Gasteiger partial charge in [-0.2, -0.15) is 4.31 Å². The second-order valence-corrected chi connectivity index (χ2v) is 7.13. The van der Waals surface area contributed by atoms with Crippen molar-refractivity contribution in [1.82, 2.24) is 9.21 Å². The summed E-state index contributed by atoms with van der Waals surface area (Å²) in [6.45, 7) is 4.43. The molecule has 0 spiro atoms. The van der Waals surface area contributed by atoms with Crippen molar-refractivity contribution in [2.24, 2.45) is 10.9 Å². The summed E-state index contributed by atoms with van der Waals surface area (Å²) in [7, 11) is -1.66. The Labute approximate surface area is 126 Å². The van der Waals surface area contributed by atoms with Crippen LogP contribution >= 0.6 is 0 Å². The highest BCUT2D eigenvalue weighted by molar-refractivity contribution is 7.89. The van der Waals surface area contributed by atoms with Crippen LogP contribution < -0.4 is 5.73 Å². The Kier molecular flexibility index (Phi) is 7.36. The summed E-state index contributed by atoms with van der Waals surface area (Å²) in [5.74, 6) is 0.284. The van der Waals surface area contributed by atoms with Crippen LogP contribution in [0.5, 0.6) is 0 Å². The molecule has 0 aromatic heterocycles. The maximum Gasteiger partial charge on any atom is 0.214 e. The van der Waals surface area contributed by atoms with Gasteiger partial charge in [0.25, 0.3) is 0 Å². The van der Waals surface area contributed by atoms with Gasteiger partial charge in [0.15, 0.2) is 5.84 Å². The van der Waals surface area contributed by atoms with Crippen molar-refractivity contribution < 1.29 is 18.4 Å². The first-order valence-corrected chi connectivity index (χ1v) is 8.75. The molecule has 124 valence electrons. The minimum absolute atomic E-state index is 0.109. The number of ether oxygens (including phenoxy) is 1. The molecule has 8 nitrogen and oxygen atoms in total. The van der Waals surface area contributed by atoms with Crippen LogP contribution in [0.4, 0.5) is 0 Å². The van der Waals surface area contributed by atoms with E-state index in [-0.39, 0.29) is 17.6 Å². The summed E-state index contributed by atoms with van der Waals surface area (Å²) in [4.78, 5) is 2.05. The smallest absolute Gasteiger partial charge is 0.214 e. The van der Waals surface area contributed by atoms with Gasteiger partial charge in [0.1, 0.15) is 0 Å². The van der Waals surface area contributed by atoms with E-state index >= 15 is 0 Å². The maximum atomic E-state index is 12.2. The first kappa shape index (κ1) is 18.1. The lowest BCUT2D eigenvalue weighted by Crippen LogP contribution is -2.55. The molecule has 3 N–H and O–H groups in total. The molecule has 1 rings (SSSR count). The number of methoxy groups -OCH3 is 1. The Morgan fingerprint density at radius 3 is 2.48 bits per heavy atom. The average molecular weight is 322 g/mol. The minimum Gasteiger partial charge on any atom is -0.409 e. The first-order valence-electron chi connectivity index (χ1n) is 7.14. The fourth-order valence-corrected chi connectivity index (χ4v) is 3.99. The number of oxime groups is 1.